The third kappa shape index (κ3) is 5.56. The summed E-state index contributed by atoms with van der Waals surface area (Å²) < 4.78 is 80.5. The number of anilines is 2. The number of fused-ring (bicyclic) bond motifs is 3. The van der Waals surface area contributed by atoms with Crippen molar-refractivity contribution in [2.45, 2.75) is 63.1 Å². The van der Waals surface area contributed by atoms with Gasteiger partial charge in [0.05, 0.1) is 27.3 Å². The maximum Gasteiger partial charge on any atom is 0.433 e. The number of thiophene rings is 1. The van der Waals surface area contributed by atoms with Gasteiger partial charge < -0.3 is 20.3 Å². The molecule has 0 radical (unpaired) electrons. The van der Waals surface area contributed by atoms with E-state index in [1.54, 1.807) is 9.80 Å². The Morgan fingerprint density at radius 3 is 2.70 bits per heavy atom. The van der Waals surface area contributed by atoms with Gasteiger partial charge in [-0.05, 0) is 57.0 Å². The highest BCUT2D eigenvalue weighted by Crippen LogP contribution is 2.49. The molecule has 0 unspecified atom stereocenters. The number of amides is 1. The summed E-state index contributed by atoms with van der Waals surface area (Å²) in [6.45, 7) is 16.4. The Morgan fingerprint density at radius 2 is 1.98 bits per heavy atom. The number of benzene rings is 1. The second-order valence-electron chi connectivity index (χ2n) is 13.2. The van der Waals surface area contributed by atoms with Gasteiger partial charge >= 0.3 is 12.2 Å². The summed E-state index contributed by atoms with van der Waals surface area (Å²) in [5.74, 6) is -0.921. The standard InChI is InChI=1S/C34H33F5N8O2S/c1-5-24(48)46-13-18(3)47(14-17(46)2)31-26-23(42-32(44-31)49-16-33-9-6-10-45(33)15-19(35)12-33)11-21(29(43-26)34(37,38)39)20-7-8-22(36)28-25(20)27(41-4)30(40)50-28/h5,7-8,11,17-19H,1,6,9-10,12-16,40H2,2-3H3/t17-,18+,19-,33+/m1/s1. The summed E-state index contributed by atoms with van der Waals surface area (Å²) in [5, 5.41) is -0.0725. The minimum absolute atomic E-state index is 0.0121. The van der Waals surface area contributed by atoms with Gasteiger partial charge in [-0.3, -0.25) is 9.69 Å². The maximum atomic E-state index is 15.0. The van der Waals surface area contributed by atoms with Crippen molar-refractivity contribution in [2.24, 2.45) is 0 Å². The first-order valence-electron chi connectivity index (χ1n) is 16.1. The number of hydrogen-bond acceptors (Lipinski definition) is 9. The summed E-state index contributed by atoms with van der Waals surface area (Å²) in [7, 11) is 0. The van der Waals surface area contributed by atoms with Crippen molar-refractivity contribution >= 4 is 54.9 Å². The van der Waals surface area contributed by atoms with Crippen LogP contribution in [0, 0.1) is 12.4 Å². The van der Waals surface area contributed by atoms with Crippen molar-refractivity contribution < 1.29 is 31.5 Å². The Bertz CT molecular complexity index is 2080. The van der Waals surface area contributed by atoms with E-state index in [2.05, 4.69) is 31.3 Å². The number of halogens is 5. The molecule has 0 bridgehead atoms. The van der Waals surface area contributed by atoms with E-state index in [0.29, 0.717) is 6.54 Å². The first kappa shape index (κ1) is 33.9. The van der Waals surface area contributed by atoms with Gasteiger partial charge in [-0.1, -0.05) is 12.6 Å². The Kier molecular flexibility index (Phi) is 8.33. The fourth-order valence-corrected chi connectivity index (χ4v) is 8.65. The van der Waals surface area contributed by atoms with Crippen LogP contribution in [0.5, 0.6) is 6.01 Å². The van der Waals surface area contributed by atoms with Crippen molar-refractivity contribution in [3.05, 3.63) is 53.8 Å². The van der Waals surface area contributed by atoms with E-state index in [0.717, 1.165) is 36.8 Å². The van der Waals surface area contributed by atoms with Gasteiger partial charge in [0, 0.05) is 49.1 Å². The lowest BCUT2D eigenvalue weighted by molar-refractivity contribution is -0.140. The van der Waals surface area contributed by atoms with Crippen LogP contribution in [0.25, 0.3) is 37.1 Å². The van der Waals surface area contributed by atoms with Crippen molar-refractivity contribution in [2.75, 3.05) is 43.4 Å². The molecular formula is C34H33F5N8O2S. The van der Waals surface area contributed by atoms with E-state index in [-0.39, 0.29) is 87.3 Å². The third-order valence-corrected chi connectivity index (χ3v) is 11.1. The molecule has 4 aromatic rings. The van der Waals surface area contributed by atoms with Crippen LogP contribution >= 0.6 is 11.3 Å². The minimum Gasteiger partial charge on any atom is -0.461 e. The van der Waals surface area contributed by atoms with Crippen LogP contribution in [0.1, 0.15) is 38.8 Å². The highest BCUT2D eigenvalue weighted by Gasteiger charge is 2.49. The lowest BCUT2D eigenvalue weighted by Gasteiger charge is -2.44. The molecule has 10 nitrogen and oxygen atoms in total. The van der Waals surface area contributed by atoms with Crippen LogP contribution in [0.4, 0.5) is 38.5 Å². The number of nitrogen functional groups attached to an aromatic ring is 1. The molecular weight excluding hydrogens is 679 g/mol. The van der Waals surface area contributed by atoms with E-state index < -0.39 is 41.0 Å². The van der Waals surface area contributed by atoms with Gasteiger partial charge in [0.1, 0.15) is 24.1 Å². The summed E-state index contributed by atoms with van der Waals surface area (Å²) >= 11 is 0.780. The first-order valence-corrected chi connectivity index (χ1v) is 17.0. The predicted octanol–water partition coefficient (Wildman–Crippen LogP) is 6.76. The molecule has 4 atom stereocenters. The molecule has 2 N–H and O–H groups in total. The van der Waals surface area contributed by atoms with Gasteiger partial charge in [0.25, 0.3) is 0 Å². The van der Waals surface area contributed by atoms with E-state index >= 15 is 0 Å². The van der Waals surface area contributed by atoms with Crippen molar-refractivity contribution in [1.29, 1.82) is 0 Å². The van der Waals surface area contributed by atoms with Gasteiger partial charge in [0.2, 0.25) is 11.6 Å². The quantitative estimate of drug-likeness (QED) is 0.133. The zero-order valence-corrected chi connectivity index (χ0v) is 28.0. The third-order valence-electron chi connectivity index (χ3n) is 10.0. The van der Waals surface area contributed by atoms with Gasteiger partial charge in [0.15, 0.2) is 11.5 Å². The predicted molar refractivity (Wildman–Crippen MR) is 181 cm³/mol. The zero-order chi connectivity index (χ0) is 35.7. The number of rotatable bonds is 6. The number of carbonyl (C=O) groups excluding carboxylic acids is 1. The smallest absolute Gasteiger partial charge is 0.433 e. The molecule has 16 heteroatoms. The number of piperazine rings is 1. The maximum absolute atomic E-state index is 15.0. The molecule has 6 heterocycles. The number of pyridine rings is 1. The van der Waals surface area contributed by atoms with Crippen LogP contribution in [-0.4, -0.2) is 87.2 Å². The molecule has 1 aromatic carbocycles. The number of aromatic nitrogens is 3. The second kappa shape index (κ2) is 12.3. The zero-order valence-electron chi connectivity index (χ0n) is 27.2. The SMILES string of the molecule is [C-]#[N+]c1c(N)sc2c(F)ccc(-c3cc4nc(OC[C@@]56CCCN5C[C@H](F)C6)nc(N5C[C@@H](C)N(C(=O)C=C)C[C@@H]5C)c4nc3C(F)(F)F)c12. The molecule has 3 saturated heterocycles. The topological polar surface area (TPSA) is 105 Å². The Morgan fingerprint density at radius 1 is 1.20 bits per heavy atom. The molecule has 7 rings (SSSR count). The van der Waals surface area contributed by atoms with Crippen LogP contribution < -0.4 is 15.4 Å². The number of nitrogens with two attached hydrogens (primary N) is 1. The van der Waals surface area contributed by atoms with Gasteiger partial charge in [-0.25, -0.2) is 18.6 Å². The molecule has 0 saturated carbocycles. The number of nitrogens with zero attached hydrogens (tertiary/aromatic N) is 7. The summed E-state index contributed by atoms with van der Waals surface area (Å²) in [6.07, 6.45) is -2.89. The molecule has 3 aliphatic rings. The lowest BCUT2D eigenvalue weighted by atomic mass is 9.95. The van der Waals surface area contributed by atoms with Crippen molar-refractivity contribution in [3.8, 4) is 17.1 Å². The van der Waals surface area contributed by atoms with Gasteiger partial charge in [-0.15, -0.1) is 11.3 Å². The Hall–Kier alpha value is -4.62. The number of ether oxygens (including phenoxy) is 1. The summed E-state index contributed by atoms with van der Waals surface area (Å²) in [5.41, 5.74) is 3.38. The molecule has 50 heavy (non-hydrogen) atoms. The first-order chi connectivity index (χ1) is 23.7. The Labute approximate surface area is 288 Å². The Balaban J connectivity index is 1.42. The van der Waals surface area contributed by atoms with Crippen LogP contribution in [0.3, 0.4) is 0 Å². The number of hydrogen-bond donors (Lipinski definition) is 1. The number of carbonyl (C=O) groups is 1. The number of alkyl halides is 4. The van der Waals surface area contributed by atoms with E-state index in [9.17, 15) is 26.7 Å². The molecule has 1 amide bonds. The second-order valence-corrected chi connectivity index (χ2v) is 14.3. The summed E-state index contributed by atoms with van der Waals surface area (Å²) in [6, 6.07) is 2.52. The van der Waals surface area contributed by atoms with Crippen molar-refractivity contribution in [3.63, 3.8) is 0 Å². The van der Waals surface area contributed by atoms with E-state index in [1.807, 2.05) is 13.8 Å². The van der Waals surface area contributed by atoms with Crippen molar-refractivity contribution in [1.82, 2.24) is 24.8 Å². The van der Waals surface area contributed by atoms with Crippen LogP contribution in [0.15, 0.2) is 30.9 Å². The fraction of sp³-hybridized carbons (Fsp3) is 0.441. The average molecular weight is 713 g/mol. The van der Waals surface area contributed by atoms with Crippen LogP contribution in [-0.2, 0) is 11.0 Å². The molecule has 3 aliphatic heterocycles. The molecule has 0 spiro atoms. The molecule has 3 fully saturated rings. The fourth-order valence-electron chi connectivity index (χ4n) is 7.71. The largest absolute Gasteiger partial charge is 0.461 e. The molecule has 3 aromatic heterocycles. The summed E-state index contributed by atoms with van der Waals surface area (Å²) in [4.78, 5) is 34.8. The van der Waals surface area contributed by atoms with Gasteiger partial charge in [-0.2, -0.15) is 23.1 Å². The van der Waals surface area contributed by atoms with Crippen LogP contribution in [0.2, 0.25) is 0 Å². The molecule has 262 valence electrons. The lowest BCUT2D eigenvalue weighted by Crippen LogP contribution is -2.58. The van der Waals surface area contributed by atoms with E-state index in [4.69, 9.17) is 17.0 Å². The molecule has 0 aliphatic carbocycles. The minimum atomic E-state index is -4.99. The van der Waals surface area contributed by atoms with E-state index in [1.165, 1.54) is 18.2 Å². The highest BCUT2D eigenvalue weighted by molar-refractivity contribution is 7.23. The normalized spacial score (nSPS) is 24.2. The monoisotopic (exact) mass is 712 g/mol. The average Bonchev–Trinajstić information content (AvgIpc) is 3.72. The highest BCUT2D eigenvalue weighted by atomic mass is 32.1.